The fourth-order valence-corrected chi connectivity index (χ4v) is 2.32. The van der Waals surface area contributed by atoms with Gasteiger partial charge in [-0.15, -0.1) is 0 Å². The van der Waals surface area contributed by atoms with E-state index in [-0.39, 0.29) is 11.5 Å². The summed E-state index contributed by atoms with van der Waals surface area (Å²) in [5.74, 6) is -0.872. The van der Waals surface area contributed by atoms with E-state index < -0.39 is 17.7 Å². The van der Waals surface area contributed by atoms with Crippen molar-refractivity contribution < 1.29 is 17.6 Å². The first-order valence-corrected chi connectivity index (χ1v) is 5.71. The Morgan fingerprint density at radius 3 is 2.35 bits per heavy atom. The summed E-state index contributed by atoms with van der Waals surface area (Å²) < 4.78 is 51.0. The zero-order chi connectivity index (χ0) is 12.5. The van der Waals surface area contributed by atoms with Crippen LogP contribution in [0.4, 0.5) is 17.6 Å². The molecule has 0 saturated heterocycles. The summed E-state index contributed by atoms with van der Waals surface area (Å²) in [6, 6.07) is 0.915. The smallest absolute Gasteiger partial charge is 0.227 e. The molecule has 1 aliphatic rings. The van der Waals surface area contributed by atoms with Crippen molar-refractivity contribution in [2.45, 2.75) is 44.2 Å². The molecule has 94 valence electrons. The van der Waals surface area contributed by atoms with Crippen molar-refractivity contribution >= 4 is 0 Å². The van der Waals surface area contributed by atoms with Crippen molar-refractivity contribution in [2.75, 3.05) is 0 Å². The van der Waals surface area contributed by atoms with Crippen LogP contribution in [0.3, 0.4) is 0 Å². The molecule has 1 fully saturated rings. The zero-order valence-electron chi connectivity index (χ0n) is 9.23. The van der Waals surface area contributed by atoms with Gasteiger partial charge >= 0.3 is 6.18 Å². The van der Waals surface area contributed by atoms with Crippen LogP contribution in [0.1, 0.15) is 49.1 Å². The topological polar surface area (TPSA) is 12.9 Å². The van der Waals surface area contributed by atoms with Crippen LogP contribution in [0, 0.1) is 5.95 Å². The monoisotopic (exact) mass is 247 g/mol. The molecule has 1 heterocycles. The molecule has 1 aromatic rings. The molecular weight excluding hydrogens is 234 g/mol. The minimum atomic E-state index is -4.45. The lowest BCUT2D eigenvalue weighted by molar-refractivity contribution is -0.138. The number of nitrogens with zero attached hydrogens (tertiary/aromatic N) is 1. The minimum Gasteiger partial charge on any atom is -0.227 e. The highest BCUT2D eigenvalue weighted by Gasteiger charge is 2.33. The fourth-order valence-electron chi connectivity index (χ4n) is 2.32. The maximum Gasteiger partial charge on any atom is 0.417 e. The lowest BCUT2D eigenvalue weighted by Crippen LogP contribution is -2.12. The third-order valence-electron chi connectivity index (χ3n) is 3.24. The van der Waals surface area contributed by atoms with E-state index in [1.165, 1.54) is 0 Å². The predicted octanol–water partition coefficient (Wildman–Crippen LogP) is 4.29. The summed E-state index contributed by atoms with van der Waals surface area (Å²) in [5, 5.41) is 0. The van der Waals surface area contributed by atoms with E-state index >= 15 is 0 Å². The minimum absolute atomic E-state index is 0.112. The van der Waals surface area contributed by atoms with Gasteiger partial charge in [0, 0.05) is 11.8 Å². The van der Waals surface area contributed by atoms with Crippen molar-refractivity contribution in [3.63, 3.8) is 0 Å². The van der Waals surface area contributed by atoms with Crippen LogP contribution >= 0.6 is 0 Å². The summed E-state index contributed by atoms with van der Waals surface area (Å²) in [4.78, 5) is 3.23. The van der Waals surface area contributed by atoms with Gasteiger partial charge in [-0.25, -0.2) is 4.98 Å². The average molecular weight is 247 g/mol. The Morgan fingerprint density at radius 1 is 1.12 bits per heavy atom. The highest BCUT2D eigenvalue weighted by Crippen LogP contribution is 2.36. The SMILES string of the molecule is Fc1ncc(C(F)(F)F)cc1C1CCCCC1. The first-order chi connectivity index (χ1) is 7.98. The Hall–Kier alpha value is -1.13. The second-order valence-electron chi connectivity index (χ2n) is 4.44. The molecule has 1 nitrogen and oxygen atoms in total. The van der Waals surface area contributed by atoms with E-state index in [0.29, 0.717) is 6.20 Å². The summed E-state index contributed by atoms with van der Waals surface area (Å²) in [5.41, 5.74) is -0.737. The van der Waals surface area contributed by atoms with Crippen LogP contribution in [0.25, 0.3) is 0 Å². The van der Waals surface area contributed by atoms with Gasteiger partial charge in [-0.05, 0) is 24.8 Å². The number of pyridine rings is 1. The third kappa shape index (κ3) is 2.76. The highest BCUT2D eigenvalue weighted by molar-refractivity contribution is 5.25. The molecule has 5 heteroatoms. The molecule has 0 unspecified atom stereocenters. The Labute approximate surface area is 96.9 Å². The standard InChI is InChI=1S/C12H13F4N/c13-11-10(8-4-2-1-3-5-8)6-9(7-17-11)12(14,15)16/h6-8H,1-5H2. The van der Waals surface area contributed by atoms with Crippen LogP contribution in [-0.2, 0) is 6.18 Å². The lowest BCUT2D eigenvalue weighted by atomic mass is 9.84. The molecule has 1 aliphatic carbocycles. The van der Waals surface area contributed by atoms with Gasteiger partial charge in [-0.1, -0.05) is 19.3 Å². The molecule has 2 rings (SSSR count). The fraction of sp³-hybridized carbons (Fsp3) is 0.583. The highest BCUT2D eigenvalue weighted by atomic mass is 19.4. The quantitative estimate of drug-likeness (QED) is 0.533. The molecule has 0 aromatic carbocycles. The maximum atomic E-state index is 13.5. The number of hydrogen-bond acceptors (Lipinski definition) is 1. The van der Waals surface area contributed by atoms with Crippen LogP contribution < -0.4 is 0 Å². The van der Waals surface area contributed by atoms with Crippen molar-refractivity contribution in [2.24, 2.45) is 0 Å². The number of hydrogen-bond donors (Lipinski definition) is 0. The summed E-state index contributed by atoms with van der Waals surface area (Å²) >= 11 is 0. The second-order valence-corrected chi connectivity index (χ2v) is 4.44. The summed E-state index contributed by atoms with van der Waals surface area (Å²) in [6.45, 7) is 0. The zero-order valence-corrected chi connectivity index (χ0v) is 9.23. The second kappa shape index (κ2) is 4.63. The average Bonchev–Trinajstić information content (AvgIpc) is 2.29. The Morgan fingerprint density at radius 2 is 1.76 bits per heavy atom. The molecule has 0 aliphatic heterocycles. The molecule has 0 spiro atoms. The molecule has 0 bridgehead atoms. The van der Waals surface area contributed by atoms with Crippen molar-refractivity contribution in [1.29, 1.82) is 0 Å². The molecule has 0 N–H and O–H groups in total. The van der Waals surface area contributed by atoms with E-state index in [1.54, 1.807) is 0 Å². The van der Waals surface area contributed by atoms with Gasteiger partial charge in [0.15, 0.2) is 0 Å². The van der Waals surface area contributed by atoms with E-state index in [2.05, 4.69) is 4.98 Å². The molecule has 17 heavy (non-hydrogen) atoms. The van der Waals surface area contributed by atoms with E-state index in [9.17, 15) is 17.6 Å². The van der Waals surface area contributed by atoms with Gasteiger partial charge in [-0.3, -0.25) is 0 Å². The Balaban J connectivity index is 2.31. The molecule has 1 aromatic heterocycles. The van der Waals surface area contributed by atoms with Crippen molar-refractivity contribution in [3.8, 4) is 0 Å². The number of alkyl halides is 3. The Kier molecular flexibility index (Phi) is 3.35. The van der Waals surface area contributed by atoms with Gasteiger partial charge in [0.2, 0.25) is 5.95 Å². The largest absolute Gasteiger partial charge is 0.417 e. The van der Waals surface area contributed by atoms with Gasteiger partial charge < -0.3 is 0 Å². The molecule has 1 saturated carbocycles. The van der Waals surface area contributed by atoms with Crippen molar-refractivity contribution in [1.82, 2.24) is 4.98 Å². The number of aromatic nitrogens is 1. The van der Waals surface area contributed by atoms with E-state index in [0.717, 1.165) is 38.2 Å². The van der Waals surface area contributed by atoms with E-state index in [4.69, 9.17) is 0 Å². The first kappa shape index (κ1) is 12.3. The van der Waals surface area contributed by atoms with Crippen LogP contribution in [0.15, 0.2) is 12.3 Å². The van der Waals surface area contributed by atoms with Gasteiger partial charge in [-0.2, -0.15) is 17.6 Å². The molecule has 0 atom stereocenters. The van der Waals surface area contributed by atoms with Crippen LogP contribution in [-0.4, -0.2) is 4.98 Å². The van der Waals surface area contributed by atoms with Crippen LogP contribution in [0.2, 0.25) is 0 Å². The van der Waals surface area contributed by atoms with Crippen molar-refractivity contribution in [3.05, 3.63) is 29.3 Å². The van der Waals surface area contributed by atoms with E-state index in [1.807, 2.05) is 0 Å². The predicted molar refractivity (Wildman–Crippen MR) is 55.0 cm³/mol. The molecule has 0 amide bonds. The normalized spacial score (nSPS) is 18.4. The van der Waals surface area contributed by atoms with Gasteiger partial charge in [0.25, 0.3) is 0 Å². The maximum absolute atomic E-state index is 13.5. The number of rotatable bonds is 1. The Bertz CT molecular complexity index is 394. The first-order valence-electron chi connectivity index (χ1n) is 5.71. The third-order valence-corrected chi connectivity index (χ3v) is 3.24. The summed E-state index contributed by atoms with van der Waals surface area (Å²) in [7, 11) is 0. The lowest BCUT2D eigenvalue weighted by Gasteiger charge is -2.22. The number of halogens is 4. The molecular formula is C12H13F4N. The van der Waals surface area contributed by atoms with Gasteiger partial charge in [0.05, 0.1) is 5.56 Å². The summed E-state index contributed by atoms with van der Waals surface area (Å²) in [6.07, 6.45) is 0.566. The molecule has 0 radical (unpaired) electrons. The van der Waals surface area contributed by atoms with Gasteiger partial charge in [0.1, 0.15) is 0 Å². The van der Waals surface area contributed by atoms with Crippen LogP contribution in [0.5, 0.6) is 0 Å².